The number of aliphatic imine (C=N–C) groups is 2. The van der Waals surface area contributed by atoms with Crippen LogP contribution < -0.4 is 0 Å². The van der Waals surface area contributed by atoms with E-state index in [0.29, 0.717) is 11.5 Å². The number of unbranched alkanes of at least 4 members (excludes halogenated alkanes) is 3. The van der Waals surface area contributed by atoms with E-state index in [2.05, 4.69) is 9.98 Å². The van der Waals surface area contributed by atoms with Gasteiger partial charge in [-0.05, 0) is 25.0 Å². The summed E-state index contributed by atoms with van der Waals surface area (Å²) in [7, 11) is 0. The first-order valence-electron chi connectivity index (χ1n) is 8.38. The molecule has 0 unspecified atom stereocenters. The monoisotopic (exact) mass is 384 g/mol. The Labute approximate surface area is 159 Å². The molecule has 0 heterocycles. The second-order valence-corrected chi connectivity index (χ2v) is 5.66. The fourth-order valence-corrected chi connectivity index (χ4v) is 2.30. The van der Waals surface area contributed by atoms with Gasteiger partial charge >= 0.3 is 16.5 Å². The third-order valence-electron chi connectivity index (χ3n) is 3.71. The van der Waals surface area contributed by atoms with Gasteiger partial charge in [-0.25, -0.2) is 0 Å². The molecule has 0 aliphatic rings. The fraction of sp³-hybridized carbons (Fsp3) is 0.300. The van der Waals surface area contributed by atoms with Crippen molar-refractivity contribution in [3.63, 3.8) is 0 Å². The number of rotatable bonds is 9. The van der Waals surface area contributed by atoms with E-state index in [1.165, 1.54) is 0 Å². The smallest absolute Gasteiger partial charge is 0.593 e. The van der Waals surface area contributed by atoms with E-state index >= 15 is 0 Å². The van der Waals surface area contributed by atoms with Gasteiger partial charge in [-0.2, -0.15) is 0 Å². The molecule has 0 radical (unpaired) electrons. The molecular weight excluding hydrogens is 359 g/mol. The molecule has 0 spiro atoms. The first-order valence-corrected chi connectivity index (χ1v) is 8.38. The van der Waals surface area contributed by atoms with Crippen LogP contribution >= 0.6 is 0 Å². The van der Waals surface area contributed by atoms with Gasteiger partial charge in [0.05, 0.1) is 11.1 Å². The summed E-state index contributed by atoms with van der Waals surface area (Å²) in [6.07, 6.45) is 8.01. The van der Waals surface area contributed by atoms with E-state index in [1.807, 2.05) is 36.4 Å². The third kappa shape index (κ3) is 7.99. The van der Waals surface area contributed by atoms with Crippen molar-refractivity contribution in [2.75, 3.05) is 13.1 Å². The van der Waals surface area contributed by atoms with Crippen LogP contribution in [0, 0.1) is 0 Å². The second kappa shape index (κ2) is 12.3. The fourth-order valence-electron chi connectivity index (χ4n) is 2.30. The van der Waals surface area contributed by atoms with Crippen LogP contribution in [0.1, 0.15) is 36.8 Å². The minimum atomic E-state index is 0. The molecule has 0 amide bonds. The van der Waals surface area contributed by atoms with E-state index in [-0.39, 0.29) is 16.5 Å². The van der Waals surface area contributed by atoms with Crippen molar-refractivity contribution in [2.45, 2.75) is 25.7 Å². The number of hydrogen-bond donors (Lipinski definition) is 0. The SMILES string of the molecule is [Ni+2].[OH2+]c1ccccc1C=NCCCCCCN=Cc1ccccc1[OH2+]. The van der Waals surface area contributed by atoms with Crippen molar-refractivity contribution >= 4 is 12.4 Å². The van der Waals surface area contributed by atoms with Gasteiger partial charge in [-0.1, -0.05) is 37.1 Å². The van der Waals surface area contributed by atoms with E-state index in [9.17, 15) is 0 Å². The molecule has 2 aromatic rings. The third-order valence-corrected chi connectivity index (χ3v) is 3.71. The summed E-state index contributed by atoms with van der Waals surface area (Å²) in [5, 5.41) is 15.5. The normalized spacial score (nSPS) is 11.0. The van der Waals surface area contributed by atoms with Crippen LogP contribution in [0.2, 0.25) is 0 Å². The minimum Gasteiger partial charge on any atom is -0.593 e. The second-order valence-electron chi connectivity index (χ2n) is 5.66. The van der Waals surface area contributed by atoms with Gasteiger partial charge in [0.1, 0.15) is 0 Å². The Kier molecular flexibility index (Phi) is 10.3. The Morgan fingerprint density at radius 1 is 0.640 bits per heavy atom. The molecule has 134 valence electrons. The van der Waals surface area contributed by atoms with Gasteiger partial charge in [-0.15, -0.1) is 0 Å². The molecule has 5 heteroatoms. The van der Waals surface area contributed by atoms with E-state index in [0.717, 1.165) is 49.9 Å². The summed E-state index contributed by atoms with van der Waals surface area (Å²) in [6.45, 7) is 1.62. The maximum Gasteiger partial charge on any atom is 2.00 e. The molecule has 4 nitrogen and oxygen atoms in total. The molecule has 4 N–H and O–H groups in total. The zero-order valence-electron chi connectivity index (χ0n) is 14.2. The first-order chi connectivity index (χ1) is 11.8. The maximum absolute atomic E-state index is 7.74. The topological polar surface area (TPSA) is 70.5 Å². The summed E-state index contributed by atoms with van der Waals surface area (Å²) in [5.41, 5.74) is 1.75. The summed E-state index contributed by atoms with van der Waals surface area (Å²) >= 11 is 0. The summed E-state index contributed by atoms with van der Waals surface area (Å²) in [6, 6.07) is 15.0. The molecule has 0 atom stereocenters. The average molecular weight is 385 g/mol. The molecule has 0 saturated carbocycles. The van der Waals surface area contributed by atoms with Crippen LogP contribution in [-0.2, 0) is 16.5 Å². The van der Waals surface area contributed by atoms with Crippen LogP contribution in [0.4, 0.5) is 0 Å². The van der Waals surface area contributed by atoms with Gasteiger partial charge in [0.2, 0.25) is 0 Å². The van der Waals surface area contributed by atoms with Crippen LogP contribution in [0.3, 0.4) is 0 Å². The Bertz CT molecular complexity index is 627. The van der Waals surface area contributed by atoms with Crippen molar-refractivity contribution in [3.05, 3.63) is 59.7 Å². The Morgan fingerprint density at radius 2 is 1.04 bits per heavy atom. The predicted molar refractivity (Wildman–Crippen MR) is 102 cm³/mol. The number of hydrogen-bond acceptors (Lipinski definition) is 2. The number of nitrogens with zero attached hydrogens (tertiary/aromatic N) is 2. The van der Waals surface area contributed by atoms with Gasteiger partial charge in [-0.3, -0.25) is 9.98 Å². The van der Waals surface area contributed by atoms with Gasteiger partial charge in [0.15, 0.2) is 0 Å². The summed E-state index contributed by atoms with van der Waals surface area (Å²) in [5.74, 6) is 1.04. The molecule has 0 aliphatic heterocycles. The van der Waals surface area contributed by atoms with E-state index in [1.54, 1.807) is 24.6 Å². The zero-order valence-corrected chi connectivity index (χ0v) is 15.2. The van der Waals surface area contributed by atoms with Crippen molar-refractivity contribution in [3.8, 4) is 11.5 Å². The predicted octanol–water partition coefficient (Wildman–Crippen LogP) is 3.66. The molecule has 0 saturated heterocycles. The Morgan fingerprint density at radius 3 is 1.44 bits per heavy atom. The average Bonchev–Trinajstić information content (AvgIpc) is 2.59. The molecule has 2 aromatic carbocycles. The minimum absolute atomic E-state index is 0. The summed E-state index contributed by atoms with van der Waals surface area (Å²) < 4.78 is 0. The van der Waals surface area contributed by atoms with Crippen LogP contribution in [-0.4, -0.2) is 35.7 Å². The first kappa shape index (κ1) is 20.9. The van der Waals surface area contributed by atoms with E-state index < -0.39 is 0 Å². The largest absolute Gasteiger partial charge is 2.00 e. The molecule has 0 aromatic heterocycles. The number of benzene rings is 2. The molecule has 25 heavy (non-hydrogen) atoms. The van der Waals surface area contributed by atoms with Crippen LogP contribution in [0.5, 0.6) is 11.5 Å². The van der Waals surface area contributed by atoms with Crippen molar-refractivity contribution in [1.29, 1.82) is 0 Å². The van der Waals surface area contributed by atoms with Gasteiger partial charge < -0.3 is 10.2 Å². The van der Waals surface area contributed by atoms with Gasteiger partial charge in [0, 0.05) is 37.7 Å². The van der Waals surface area contributed by atoms with Crippen LogP contribution in [0.15, 0.2) is 58.5 Å². The standard InChI is InChI=1S/C20H24N2O2.Ni/c23-19-11-5-3-9-17(19)15-21-13-7-1-2-8-14-22-16-18-10-4-6-12-20(18)24;/h3-6,9-12,15-16,23-24H,1-2,7-8,13-14H2;/q;+2/p+2. The molecule has 2 rings (SSSR count). The molecule has 0 bridgehead atoms. The van der Waals surface area contributed by atoms with Crippen molar-refractivity contribution in [2.24, 2.45) is 9.98 Å². The molecule has 0 fully saturated rings. The Balaban J connectivity index is 0.00000312. The Hall–Kier alpha value is -2.13. The van der Waals surface area contributed by atoms with E-state index in [4.69, 9.17) is 10.2 Å². The zero-order chi connectivity index (χ0) is 17.0. The van der Waals surface area contributed by atoms with Crippen molar-refractivity contribution in [1.82, 2.24) is 0 Å². The number of para-hydroxylation sites is 2. The van der Waals surface area contributed by atoms with Crippen LogP contribution in [0.25, 0.3) is 0 Å². The van der Waals surface area contributed by atoms with Gasteiger partial charge in [0.25, 0.3) is 11.5 Å². The quantitative estimate of drug-likeness (QED) is 0.274. The van der Waals surface area contributed by atoms with Crippen molar-refractivity contribution < 1.29 is 26.7 Å². The maximum atomic E-state index is 7.74. The molecule has 0 aliphatic carbocycles. The summed E-state index contributed by atoms with van der Waals surface area (Å²) in [4.78, 5) is 8.78. The molecular formula is C20H26N2NiO2+4.